The molecule has 0 heterocycles. The van der Waals surface area contributed by atoms with Gasteiger partial charge in [-0.15, -0.1) is 6.42 Å². The van der Waals surface area contributed by atoms with E-state index in [1.54, 1.807) is 0 Å². The van der Waals surface area contributed by atoms with Crippen molar-refractivity contribution >= 4 is 0 Å². The van der Waals surface area contributed by atoms with Crippen molar-refractivity contribution in [3.8, 4) is 12.3 Å². The lowest BCUT2D eigenvalue weighted by Crippen LogP contribution is -1.81. The minimum absolute atomic E-state index is 1.05. The molecule has 0 aliphatic heterocycles. The van der Waals surface area contributed by atoms with E-state index in [1.807, 2.05) is 26.0 Å². The number of hydrogen-bond donors (Lipinski definition) is 0. The molecule has 0 saturated heterocycles. The zero-order chi connectivity index (χ0) is 7.82. The summed E-state index contributed by atoms with van der Waals surface area (Å²) in [7, 11) is 0. The topological polar surface area (TPSA) is 0 Å². The van der Waals surface area contributed by atoms with Crippen LogP contribution in [0, 0.1) is 12.3 Å². The average molecular weight is 134 g/mol. The first-order valence-corrected chi connectivity index (χ1v) is 3.76. The second-order valence-electron chi connectivity index (χ2n) is 1.80. The summed E-state index contributed by atoms with van der Waals surface area (Å²) in [5.74, 6) is 2.61. The van der Waals surface area contributed by atoms with Crippen LogP contribution in [-0.2, 0) is 0 Å². The second-order valence-corrected chi connectivity index (χ2v) is 1.80. The molecule has 1 aliphatic rings. The van der Waals surface area contributed by atoms with Crippen molar-refractivity contribution in [2.24, 2.45) is 0 Å². The Labute approximate surface area is 63.6 Å². The fourth-order valence-electron chi connectivity index (χ4n) is 0.723. The van der Waals surface area contributed by atoms with Crippen molar-refractivity contribution in [3.63, 3.8) is 0 Å². The van der Waals surface area contributed by atoms with Crippen LogP contribution in [0.4, 0.5) is 0 Å². The van der Waals surface area contributed by atoms with E-state index in [-0.39, 0.29) is 0 Å². The normalized spacial score (nSPS) is 14.3. The quantitative estimate of drug-likeness (QED) is 0.447. The van der Waals surface area contributed by atoms with Crippen LogP contribution in [0.25, 0.3) is 0 Å². The highest BCUT2D eigenvalue weighted by Crippen LogP contribution is 2.09. The number of terminal acetylenes is 1. The summed E-state index contributed by atoms with van der Waals surface area (Å²) >= 11 is 0. The highest BCUT2D eigenvalue weighted by atomic mass is 14.0. The van der Waals surface area contributed by atoms with Crippen molar-refractivity contribution in [2.45, 2.75) is 26.7 Å². The molecule has 10 heavy (non-hydrogen) atoms. The predicted molar refractivity (Wildman–Crippen MR) is 46.6 cm³/mol. The summed E-state index contributed by atoms with van der Waals surface area (Å²) in [6.45, 7) is 4.00. The maximum Gasteiger partial charge on any atom is 0.00205 e. The van der Waals surface area contributed by atoms with Gasteiger partial charge < -0.3 is 0 Å². The third-order valence-electron chi connectivity index (χ3n) is 1.20. The maximum absolute atomic E-state index is 5.15. The predicted octanol–water partition coefficient (Wildman–Crippen LogP) is 2.92. The van der Waals surface area contributed by atoms with Crippen molar-refractivity contribution in [3.05, 3.63) is 23.8 Å². The molecule has 0 aromatic heterocycles. The van der Waals surface area contributed by atoms with Gasteiger partial charge in [0.15, 0.2) is 0 Å². The van der Waals surface area contributed by atoms with E-state index in [2.05, 4.69) is 12.0 Å². The molecule has 0 heteroatoms. The van der Waals surface area contributed by atoms with Crippen LogP contribution in [0.2, 0.25) is 0 Å². The lowest BCUT2D eigenvalue weighted by molar-refractivity contribution is 1.00. The molecule has 1 rings (SSSR count). The molecule has 1 aliphatic carbocycles. The summed E-state index contributed by atoms with van der Waals surface area (Å²) in [4.78, 5) is 0. The second kappa shape index (κ2) is 6.16. The number of hydrogen-bond acceptors (Lipinski definition) is 0. The summed E-state index contributed by atoms with van der Waals surface area (Å²) < 4.78 is 0. The molecule has 0 radical (unpaired) electrons. The molecule has 0 N–H and O–H groups in total. The Morgan fingerprint density at radius 1 is 1.50 bits per heavy atom. The molecule has 0 fully saturated rings. The standard InChI is InChI=1S/C8H8.C2H6/c1-2-8-6-4-3-5-7-8;1-2/h1,3-4,6H,5,7H2;1-2H3. The summed E-state index contributed by atoms with van der Waals surface area (Å²) in [6.07, 6.45) is 13.4. The van der Waals surface area contributed by atoms with Crippen LogP contribution in [0.1, 0.15) is 26.7 Å². The molecule has 0 bridgehead atoms. The minimum Gasteiger partial charge on any atom is -0.115 e. The largest absolute Gasteiger partial charge is 0.115 e. The van der Waals surface area contributed by atoms with E-state index >= 15 is 0 Å². The first-order chi connectivity index (χ1) is 4.93. The van der Waals surface area contributed by atoms with E-state index in [0.29, 0.717) is 0 Å². The Morgan fingerprint density at radius 3 is 2.50 bits per heavy atom. The van der Waals surface area contributed by atoms with Crippen LogP contribution in [0.5, 0.6) is 0 Å². The Morgan fingerprint density at radius 2 is 2.20 bits per heavy atom. The lowest BCUT2D eigenvalue weighted by Gasteiger charge is -1.98. The van der Waals surface area contributed by atoms with Gasteiger partial charge in [0.05, 0.1) is 0 Å². The van der Waals surface area contributed by atoms with E-state index in [0.717, 1.165) is 18.4 Å². The molecule has 54 valence electrons. The molecule has 0 nitrogen and oxygen atoms in total. The average Bonchev–Trinajstić information content (AvgIpc) is 2.10. The molecule has 0 amide bonds. The van der Waals surface area contributed by atoms with Gasteiger partial charge in [0.2, 0.25) is 0 Å². The third kappa shape index (κ3) is 3.14. The SMILES string of the molecule is C#CC1=CC=CCC1.CC. The van der Waals surface area contributed by atoms with Crippen molar-refractivity contribution < 1.29 is 0 Å². The van der Waals surface area contributed by atoms with E-state index in [1.165, 1.54) is 0 Å². The Balaban J connectivity index is 0.000000371. The fourth-order valence-corrected chi connectivity index (χ4v) is 0.723. The van der Waals surface area contributed by atoms with Gasteiger partial charge in [-0.05, 0) is 12.8 Å². The number of rotatable bonds is 0. The van der Waals surface area contributed by atoms with Crippen LogP contribution in [0.3, 0.4) is 0 Å². The smallest absolute Gasteiger partial charge is 0.00205 e. The van der Waals surface area contributed by atoms with Crippen LogP contribution < -0.4 is 0 Å². The van der Waals surface area contributed by atoms with Crippen molar-refractivity contribution in [1.29, 1.82) is 0 Å². The maximum atomic E-state index is 5.15. The molecule has 0 atom stereocenters. The van der Waals surface area contributed by atoms with Gasteiger partial charge in [-0.25, -0.2) is 0 Å². The molecule has 0 spiro atoms. The lowest BCUT2D eigenvalue weighted by atomic mass is 10.1. The monoisotopic (exact) mass is 134 g/mol. The molecule has 0 unspecified atom stereocenters. The van der Waals surface area contributed by atoms with E-state index in [9.17, 15) is 0 Å². The third-order valence-corrected chi connectivity index (χ3v) is 1.20. The first-order valence-electron chi connectivity index (χ1n) is 3.76. The summed E-state index contributed by atoms with van der Waals surface area (Å²) in [6, 6.07) is 0. The van der Waals surface area contributed by atoms with E-state index < -0.39 is 0 Å². The van der Waals surface area contributed by atoms with Gasteiger partial charge in [-0.3, -0.25) is 0 Å². The molecule has 0 saturated carbocycles. The summed E-state index contributed by atoms with van der Waals surface area (Å²) in [5.41, 5.74) is 1.12. The van der Waals surface area contributed by atoms with Gasteiger partial charge in [0, 0.05) is 5.57 Å². The summed E-state index contributed by atoms with van der Waals surface area (Å²) in [5, 5.41) is 0. The van der Waals surface area contributed by atoms with Crippen LogP contribution in [-0.4, -0.2) is 0 Å². The molecule has 0 aromatic carbocycles. The Kier molecular flexibility index (Phi) is 5.57. The van der Waals surface area contributed by atoms with Crippen LogP contribution >= 0.6 is 0 Å². The zero-order valence-electron chi connectivity index (χ0n) is 6.72. The Hall–Kier alpha value is -0.960. The highest BCUT2D eigenvalue weighted by Gasteiger charge is 1.91. The Bertz CT molecular complexity index is 165. The minimum atomic E-state index is 1.05. The number of allylic oxidation sites excluding steroid dienone is 4. The van der Waals surface area contributed by atoms with Gasteiger partial charge in [0.25, 0.3) is 0 Å². The first kappa shape index (κ1) is 9.04. The fraction of sp³-hybridized carbons (Fsp3) is 0.400. The van der Waals surface area contributed by atoms with Crippen molar-refractivity contribution in [1.82, 2.24) is 0 Å². The van der Waals surface area contributed by atoms with Gasteiger partial charge >= 0.3 is 0 Å². The van der Waals surface area contributed by atoms with Crippen molar-refractivity contribution in [2.75, 3.05) is 0 Å². The zero-order valence-corrected chi connectivity index (χ0v) is 6.72. The van der Waals surface area contributed by atoms with Crippen LogP contribution in [0.15, 0.2) is 23.8 Å². The van der Waals surface area contributed by atoms with Gasteiger partial charge in [-0.1, -0.05) is 38.0 Å². The van der Waals surface area contributed by atoms with Gasteiger partial charge in [0.1, 0.15) is 0 Å². The van der Waals surface area contributed by atoms with Gasteiger partial charge in [-0.2, -0.15) is 0 Å². The highest BCUT2D eigenvalue weighted by molar-refractivity contribution is 5.31. The molecular weight excluding hydrogens is 120 g/mol. The van der Waals surface area contributed by atoms with E-state index in [4.69, 9.17) is 6.42 Å². The molecular formula is C10H14. The molecule has 0 aromatic rings.